The van der Waals surface area contributed by atoms with Crippen LogP contribution in [0.4, 0.5) is 9.18 Å². The number of ketones is 2. The minimum absolute atomic E-state index is 0.0527. The van der Waals surface area contributed by atoms with Crippen molar-refractivity contribution in [3.05, 3.63) is 88.7 Å². The molecule has 210 valence electrons. The molecule has 40 heavy (non-hydrogen) atoms. The number of amides is 1. The van der Waals surface area contributed by atoms with Gasteiger partial charge in [-0.25, -0.2) is 9.18 Å². The fraction of sp³-hybridized carbons (Fsp3) is 0.344. The number of ether oxygens (including phenoxy) is 2. The van der Waals surface area contributed by atoms with Crippen molar-refractivity contribution in [1.29, 1.82) is 0 Å². The number of carbonyl (C=O) groups excluding carboxylic acids is 3. The molecule has 0 bridgehead atoms. The molecule has 1 fully saturated rings. The summed E-state index contributed by atoms with van der Waals surface area (Å²) in [6.07, 6.45) is 1.38. The molecule has 0 spiro atoms. The molecule has 1 heterocycles. The van der Waals surface area contributed by atoms with E-state index in [0.717, 1.165) is 21.6 Å². The van der Waals surface area contributed by atoms with Gasteiger partial charge in [-0.1, -0.05) is 24.3 Å². The van der Waals surface area contributed by atoms with Gasteiger partial charge in [0.15, 0.2) is 17.2 Å². The summed E-state index contributed by atoms with van der Waals surface area (Å²) in [5.74, 6) is -0.496. The number of Topliss-reactive ketones (excluding diaryl/α,β-unsaturated/α-hetero) is 2. The van der Waals surface area contributed by atoms with E-state index in [1.165, 1.54) is 36.1 Å². The van der Waals surface area contributed by atoms with Gasteiger partial charge >= 0.3 is 6.09 Å². The van der Waals surface area contributed by atoms with Crippen LogP contribution in [0.5, 0.6) is 11.5 Å². The lowest BCUT2D eigenvalue weighted by Crippen LogP contribution is -2.36. The molecule has 2 unspecified atom stereocenters. The Balaban J connectivity index is 1.66. The number of carbonyl (C=O) groups is 3. The van der Waals surface area contributed by atoms with E-state index in [4.69, 9.17) is 9.47 Å². The molecule has 1 aliphatic rings. The topological polar surface area (TPSA) is 72.9 Å². The van der Waals surface area contributed by atoms with Gasteiger partial charge in [-0.2, -0.15) is 0 Å². The van der Waals surface area contributed by atoms with Crippen LogP contribution in [0.2, 0.25) is 0 Å². The third kappa shape index (κ3) is 6.39. The van der Waals surface area contributed by atoms with Crippen LogP contribution in [0, 0.1) is 25.6 Å². The SMILES string of the molecule is CSc1ccc(C(=O)C2CN(C(=O)Oc3ccc(F)cc3)CC2c2cc(C)c(OC(C)(C)C(C)=O)c(C)c2)cc1. The number of nitrogens with zero attached hydrogens (tertiary/aromatic N) is 1. The lowest BCUT2D eigenvalue weighted by Gasteiger charge is -2.27. The highest BCUT2D eigenvalue weighted by Gasteiger charge is 2.42. The summed E-state index contributed by atoms with van der Waals surface area (Å²) in [6.45, 7) is 9.25. The van der Waals surface area contributed by atoms with E-state index in [2.05, 4.69) is 0 Å². The van der Waals surface area contributed by atoms with Crippen LogP contribution in [-0.2, 0) is 4.79 Å². The average molecular weight is 564 g/mol. The van der Waals surface area contributed by atoms with E-state index in [0.29, 0.717) is 11.3 Å². The predicted molar refractivity (Wildman–Crippen MR) is 154 cm³/mol. The molecule has 6 nitrogen and oxygen atoms in total. The minimum Gasteiger partial charge on any atom is -0.480 e. The first kappa shape index (κ1) is 29.3. The first-order valence-electron chi connectivity index (χ1n) is 13.1. The fourth-order valence-electron chi connectivity index (χ4n) is 4.88. The van der Waals surface area contributed by atoms with Gasteiger partial charge in [-0.15, -0.1) is 11.8 Å². The van der Waals surface area contributed by atoms with Gasteiger partial charge < -0.3 is 14.4 Å². The third-order valence-corrected chi connectivity index (χ3v) is 8.17. The standard InChI is InChI=1S/C32H34FNO5S/c1-19-15-23(16-20(2)30(19)39-32(4,5)21(3)35)27-17-34(31(37)38-25-11-9-24(33)10-12-25)18-28(27)29(36)22-7-13-26(40-6)14-8-22/h7-16,27-28H,17-18H2,1-6H3. The molecule has 0 radical (unpaired) electrons. The maximum atomic E-state index is 13.8. The Morgan fingerprint density at radius 1 is 0.950 bits per heavy atom. The van der Waals surface area contributed by atoms with Crippen LogP contribution < -0.4 is 9.47 Å². The van der Waals surface area contributed by atoms with Gasteiger partial charge in [-0.3, -0.25) is 9.59 Å². The summed E-state index contributed by atoms with van der Waals surface area (Å²) in [6, 6.07) is 16.6. The largest absolute Gasteiger partial charge is 0.480 e. The Hall–Kier alpha value is -3.65. The van der Waals surface area contributed by atoms with Crippen molar-refractivity contribution >= 4 is 29.4 Å². The van der Waals surface area contributed by atoms with Crippen molar-refractivity contribution in [3.63, 3.8) is 0 Å². The van der Waals surface area contributed by atoms with Crippen LogP contribution >= 0.6 is 11.8 Å². The molecule has 4 rings (SSSR count). The van der Waals surface area contributed by atoms with Crippen molar-refractivity contribution in [1.82, 2.24) is 4.90 Å². The number of halogens is 1. The Kier molecular flexibility index (Phi) is 8.68. The molecule has 0 saturated carbocycles. The monoisotopic (exact) mass is 563 g/mol. The van der Waals surface area contributed by atoms with E-state index in [9.17, 15) is 18.8 Å². The zero-order valence-electron chi connectivity index (χ0n) is 23.6. The van der Waals surface area contributed by atoms with E-state index in [1.807, 2.05) is 56.5 Å². The maximum Gasteiger partial charge on any atom is 0.415 e. The Labute approximate surface area is 238 Å². The normalized spacial score (nSPS) is 17.0. The molecule has 1 amide bonds. The van der Waals surface area contributed by atoms with Crippen LogP contribution in [0.25, 0.3) is 0 Å². The summed E-state index contributed by atoms with van der Waals surface area (Å²) in [5, 5.41) is 0. The molecule has 0 N–H and O–H groups in total. The van der Waals surface area contributed by atoms with Crippen molar-refractivity contribution in [2.45, 2.75) is 51.0 Å². The van der Waals surface area contributed by atoms with Gasteiger partial charge in [-0.05, 0) is 94.0 Å². The van der Waals surface area contributed by atoms with E-state index in [-0.39, 0.29) is 36.3 Å². The molecule has 2 atom stereocenters. The second-order valence-electron chi connectivity index (χ2n) is 10.7. The van der Waals surface area contributed by atoms with Gasteiger partial charge in [0.1, 0.15) is 17.3 Å². The number of likely N-dealkylation sites (tertiary alicyclic amines) is 1. The average Bonchev–Trinajstić information content (AvgIpc) is 3.37. The molecule has 3 aromatic rings. The van der Waals surface area contributed by atoms with Crippen LogP contribution in [0.15, 0.2) is 65.6 Å². The zero-order chi connectivity index (χ0) is 29.2. The molecule has 3 aromatic carbocycles. The van der Waals surface area contributed by atoms with Gasteiger partial charge in [0.25, 0.3) is 0 Å². The second-order valence-corrected chi connectivity index (χ2v) is 11.6. The number of thioether (sulfide) groups is 1. The van der Waals surface area contributed by atoms with Crippen molar-refractivity contribution in [3.8, 4) is 11.5 Å². The molecule has 8 heteroatoms. The van der Waals surface area contributed by atoms with Crippen molar-refractivity contribution in [2.24, 2.45) is 5.92 Å². The lowest BCUT2D eigenvalue weighted by molar-refractivity contribution is -0.129. The Morgan fingerprint density at radius 2 is 1.55 bits per heavy atom. The predicted octanol–water partition coefficient (Wildman–Crippen LogP) is 7.01. The van der Waals surface area contributed by atoms with E-state index in [1.54, 1.807) is 25.6 Å². The Morgan fingerprint density at radius 3 is 2.10 bits per heavy atom. The Bertz CT molecular complexity index is 1400. The lowest BCUT2D eigenvalue weighted by atomic mass is 9.82. The molecule has 1 aliphatic heterocycles. The number of benzene rings is 3. The van der Waals surface area contributed by atoms with Crippen LogP contribution in [0.3, 0.4) is 0 Å². The third-order valence-electron chi connectivity index (χ3n) is 7.42. The first-order chi connectivity index (χ1) is 18.9. The van der Waals surface area contributed by atoms with Gasteiger partial charge in [0.2, 0.25) is 0 Å². The molecule has 1 saturated heterocycles. The van der Waals surface area contributed by atoms with Crippen LogP contribution in [-0.4, -0.2) is 47.5 Å². The number of aryl methyl sites for hydroxylation is 2. The van der Waals surface area contributed by atoms with Gasteiger partial charge in [0, 0.05) is 35.4 Å². The number of hydrogen-bond acceptors (Lipinski definition) is 6. The number of rotatable bonds is 8. The summed E-state index contributed by atoms with van der Waals surface area (Å²) < 4.78 is 24.9. The highest BCUT2D eigenvalue weighted by molar-refractivity contribution is 7.98. The summed E-state index contributed by atoms with van der Waals surface area (Å²) in [4.78, 5) is 41.6. The summed E-state index contributed by atoms with van der Waals surface area (Å²) in [7, 11) is 0. The van der Waals surface area contributed by atoms with Crippen molar-refractivity contribution < 1.29 is 28.2 Å². The van der Waals surface area contributed by atoms with E-state index >= 15 is 0 Å². The second kappa shape index (κ2) is 11.8. The quantitative estimate of drug-likeness (QED) is 0.217. The maximum absolute atomic E-state index is 13.8. The minimum atomic E-state index is -0.979. The molecule has 0 aromatic heterocycles. The van der Waals surface area contributed by atoms with Crippen LogP contribution in [0.1, 0.15) is 53.7 Å². The summed E-state index contributed by atoms with van der Waals surface area (Å²) in [5.41, 5.74) is 2.18. The van der Waals surface area contributed by atoms with E-state index < -0.39 is 23.4 Å². The number of hydrogen-bond donors (Lipinski definition) is 0. The molecular formula is C32H34FNO5S. The van der Waals surface area contributed by atoms with Gasteiger partial charge in [0.05, 0.1) is 0 Å². The zero-order valence-corrected chi connectivity index (χ0v) is 24.4. The molecule has 0 aliphatic carbocycles. The van der Waals surface area contributed by atoms with Crippen molar-refractivity contribution in [2.75, 3.05) is 19.3 Å². The highest BCUT2D eigenvalue weighted by atomic mass is 32.2. The smallest absolute Gasteiger partial charge is 0.415 e. The molecular weight excluding hydrogens is 529 g/mol. The first-order valence-corrected chi connectivity index (χ1v) is 14.3. The highest BCUT2D eigenvalue weighted by Crippen LogP contribution is 2.39. The summed E-state index contributed by atoms with van der Waals surface area (Å²) >= 11 is 1.60. The fourth-order valence-corrected chi connectivity index (χ4v) is 5.29.